The molecular weight excluding hydrogens is 344 g/mol. The largest absolute Gasteiger partial charge is 0.332 e. The summed E-state index contributed by atoms with van der Waals surface area (Å²) in [5.41, 5.74) is 1.30. The van der Waals surface area contributed by atoms with Crippen molar-refractivity contribution in [3.05, 3.63) is 18.0 Å². The van der Waals surface area contributed by atoms with Gasteiger partial charge in [0.25, 0.3) is 0 Å². The molecule has 4 heteroatoms. The first-order valence-electron chi connectivity index (χ1n) is 11.7. The smallest absolute Gasteiger partial charge is 0.225 e. The lowest BCUT2D eigenvalue weighted by atomic mass is 9.93. The van der Waals surface area contributed by atoms with Gasteiger partial charge in [0.15, 0.2) is 0 Å². The van der Waals surface area contributed by atoms with E-state index in [-0.39, 0.29) is 7.43 Å². The summed E-state index contributed by atoms with van der Waals surface area (Å²) in [5, 5.41) is 3.55. The standard InChI is InChI=1S/C19H32N4.2C2H6.CH4/c1-2-3-4-5-6-7-9-16-12-21-19(22-13-16)23-17-10-8-11-18(23)15-20-14-17;2*1-2;/h12-13,17-18,20H,2-11,14-15H2,1H3;2*1-2H3;1H4. The summed E-state index contributed by atoms with van der Waals surface area (Å²) in [6.45, 7) is 12.4. The van der Waals surface area contributed by atoms with Crippen LogP contribution >= 0.6 is 0 Å². The number of fused-ring (bicyclic) bond motifs is 2. The van der Waals surface area contributed by atoms with Gasteiger partial charge in [0, 0.05) is 37.6 Å². The van der Waals surface area contributed by atoms with Crippen molar-refractivity contribution in [1.82, 2.24) is 15.3 Å². The Labute approximate surface area is 175 Å². The lowest BCUT2D eigenvalue weighted by molar-refractivity contribution is 0.308. The second-order valence-electron chi connectivity index (χ2n) is 7.21. The molecule has 2 aliphatic rings. The first-order valence-corrected chi connectivity index (χ1v) is 11.7. The summed E-state index contributed by atoms with van der Waals surface area (Å²) in [4.78, 5) is 11.9. The van der Waals surface area contributed by atoms with Crippen LogP contribution in [-0.4, -0.2) is 35.1 Å². The van der Waals surface area contributed by atoms with E-state index in [1.165, 1.54) is 63.4 Å². The molecule has 2 unspecified atom stereocenters. The number of aromatic nitrogens is 2. The van der Waals surface area contributed by atoms with Crippen molar-refractivity contribution < 1.29 is 0 Å². The Morgan fingerprint density at radius 1 is 0.893 bits per heavy atom. The summed E-state index contributed by atoms with van der Waals surface area (Å²) < 4.78 is 0. The van der Waals surface area contributed by atoms with Gasteiger partial charge in [-0.2, -0.15) is 0 Å². The van der Waals surface area contributed by atoms with E-state index in [0.717, 1.165) is 25.5 Å². The molecule has 2 bridgehead atoms. The highest BCUT2D eigenvalue weighted by atomic mass is 15.3. The van der Waals surface area contributed by atoms with Crippen LogP contribution in [0.3, 0.4) is 0 Å². The summed E-state index contributed by atoms with van der Waals surface area (Å²) in [7, 11) is 0. The number of anilines is 1. The maximum absolute atomic E-state index is 4.70. The van der Waals surface area contributed by atoms with Gasteiger partial charge in [-0.05, 0) is 37.7 Å². The van der Waals surface area contributed by atoms with E-state index >= 15 is 0 Å². The van der Waals surface area contributed by atoms with Crippen LogP contribution in [0.5, 0.6) is 0 Å². The summed E-state index contributed by atoms with van der Waals surface area (Å²) in [6.07, 6.45) is 17.2. The molecule has 0 radical (unpaired) electrons. The molecule has 3 rings (SSSR count). The van der Waals surface area contributed by atoms with Crippen molar-refractivity contribution in [1.29, 1.82) is 0 Å². The van der Waals surface area contributed by atoms with Gasteiger partial charge in [-0.25, -0.2) is 9.97 Å². The van der Waals surface area contributed by atoms with Crippen molar-refractivity contribution in [3.63, 3.8) is 0 Å². The molecule has 1 aromatic rings. The minimum absolute atomic E-state index is 0. The fourth-order valence-corrected chi connectivity index (χ4v) is 4.03. The number of piperidine rings is 1. The highest BCUT2D eigenvalue weighted by molar-refractivity contribution is 5.36. The lowest BCUT2D eigenvalue weighted by Crippen LogP contribution is -2.60. The number of piperazine rings is 1. The highest BCUT2D eigenvalue weighted by Crippen LogP contribution is 2.28. The Balaban J connectivity index is 0.00000137. The predicted octanol–water partition coefficient (Wildman–Crippen LogP) is 6.40. The fraction of sp³-hybridized carbons (Fsp3) is 0.833. The number of nitrogens with zero attached hydrogens (tertiary/aromatic N) is 3. The Hall–Kier alpha value is -1.16. The molecule has 0 aliphatic carbocycles. The first kappa shape index (κ1) is 26.8. The Bertz CT molecular complexity index is 438. The van der Waals surface area contributed by atoms with Gasteiger partial charge in [0.05, 0.1) is 0 Å². The van der Waals surface area contributed by atoms with Gasteiger partial charge in [0.1, 0.15) is 0 Å². The number of hydrogen-bond acceptors (Lipinski definition) is 4. The van der Waals surface area contributed by atoms with E-state index in [1.807, 2.05) is 27.7 Å². The molecule has 1 N–H and O–H groups in total. The van der Waals surface area contributed by atoms with Crippen LogP contribution in [0.25, 0.3) is 0 Å². The maximum Gasteiger partial charge on any atom is 0.225 e. The average Bonchev–Trinajstić information content (AvgIpc) is 2.73. The monoisotopic (exact) mass is 392 g/mol. The molecule has 0 spiro atoms. The molecule has 4 nitrogen and oxygen atoms in total. The number of aryl methyl sites for hydroxylation is 1. The van der Waals surface area contributed by atoms with E-state index in [1.54, 1.807) is 0 Å². The van der Waals surface area contributed by atoms with Gasteiger partial charge in [-0.3, -0.25) is 0 Å². The van der Waals surface area contributed by atoms with E-state index in [2.05, 4.69) is 29.5 Å². The van der Waals surface area contributed by atoms with Gasteiger partial charge < -0.3 is 10.2 Å². The van der Waals surface area contributed by atoms with E-state index in [4.69, 9.17) is 9.97 Å². The molecule has 0 saturated carbocycles. The molecule has 2 fully saturated rings. The Morgan fingerprint density at radius 3 is 2.00 bits per heavy atom. The molecule has 2 saturated heterocycles. The second-order valence-corrected chi connectivity index (χ2v) is 7.21. The highest BCUT2D eigenvalue weighted by Gasteiger charge is 2.35. The lowest BCUT2D eigenvalue weighted by Gasteiger charge is -2.46. The second kappa shape index (κ2) is 16.8. The van der Waals surface area contributed by atoms with Gasteiger partial charge in [-0.1, -0.05) is 74.1 Å². The quantitative estimate of drug-likeness (QED) is 0.520. The third kappa shape index (κ3) is 8.46. The summed E-state index contributed by atoms with van der Waals surface area (Å²) in [6, 6.07) is 1.18. The predicted molar refractivity (Wildman–Crippen MR) is 125 cm³/mol. The fourth-order valence-electron chi connectivity index (χ4n) is 4.03. The van der Waals surface area contributed by atoms with E-state index in [9.17, 15) is 0 Å². The van der Waals surface area contributed by atoms with Gasteiger partial charge in [-0.15, -0.1) is 0 Å². The van der Waals surface area contributed by atoms with Crippen LogP contribution in [0.4, 0.5) is 5.95 Å². The van der Waals surface area contributed by atoms with Crippen molar-refractivity contribution >= 4 is 5.95 Å². The molecule has 2 atom stereocenters. The molecule has 164 valence electrons. The molecule has 2 aliphatic heterocycles. The van der Waals surface area contributed by atoms with Gasteiger partial charge >= 0.3 is 0 Å². The molecule has 1 aromatic heterocycles. The number of unbranched alkanes of at least 4 members (excludes halogenated alkanes) is 5. The van der Waals surface area contributed by atoms with E-state index < -0.39 is 0 Å². The third-order valence-electron chi connectivity index (χ3n) is 5.36. The van der Waals surface area contributed by atoms with Crippen LogP contribution in [0.1, 0.15) is 105 Å². The third-order valence-corrected chi connectivity index (χ3v) is 5.36. The minimum atomic E-state index is 0. The summed E-state index contributed by atoms with van der Waals surface area (Å²) in [5.74, 6) is 0.952. The molecular formula is C24H48N4. The normalized spacial score (nSPS) is 20.1. The van der Waals surface area contributed by atoms with E-state index in [0.29, 0.717) is 12.1 Å². The van der Waals surface area contributed by atoms with Crippen LogP contribution in [0, 0.1) is 0 Å². The average molecular weight is 393 g/mol. The van der Waals surface area contributed by atoms with Crippen molar-refractivity contribution in [2.24, 2.45) is 0 Å². The maximum atomic E-state index is 4.70. The zero-order chi connectivity index (χ0) is 19.9. The van der Waals surface area contributed by atoms with Gasteiger partial charge in [0.2, 0.25) is 5.95 Å². The Morgan fingerprint density at radius 2 is 1.43 bits per heavy atom. The minimum Gasteiger partial charge on any atom is -0.332 e. The van der Waals surface area contributed by atoms with Crippen molar-refractivity contribution in [2.45, 2.75) is 118 Å². The van der Waals surface area contributed by atoms with Crippen LogP contribution < -0.4 is 10.2 Å². The topological polar surface area (TPSA) is 41.1 Å². The van der Waals surface area contributed by atoms with Crippen LogP contribution in [0.15, 0.2) is 12.4 Å². The molecule has 0 amide bonds. The summed E-state index contributed by atoms with van der Waals surface area (Å²) >= 11 is 0. The van der Waals surface area contributed by atoms with Crippen LogP contribution in [0.2, 0.25) is 0 Å². The SMILES string of the molecule is C.CC.CC.CCCCCCCCc1cnc(N2C3CCCC2CNC3)nc1. The first-order chi connectivity index (χ1) is 13.4. The van der Waals surface area contributed by atoms with Crippen molar-refractivity contribution in [3.8, 4) is 0 Å². The molecule has 3 heterocycles. The number of hydrogen-bond donors (Lipinski definition) is 1. The van der Waals surface area contributed by atoms with Crippen LogP contribution in [-0.2, 0) is 6.42 Å². The molecule has 0 aromatic carbocycles. The number of nitrogens with one attached hydrogen (secondary N) is 1. The molecule has 28 heavy (non-hydrogen) atoms. The van der Waals surface area contributed by atoms with Crippen molar-refractivity contribution in [2.75, 3.05) is 18.0 Å². The Kier molecular flexibility index (Phi) is 16.1. The zero-order valence-corrected chi connectivity index (χ0v) is 18.6. The number of rotatable bonds is 8. The zero-order valence-electron chi connectivity index (χ0n) is 18.6.